The quantitative estimate of drug-likeness (QED) is 0.573. The third-order valence-electron chi connectivity index (χ3n) is 5.19. The summed E-state index contributed by atoms with van der Waals surface area (Å²) in [6.45, 7) is 3.64. The van der Waals surface area contributed by atoms with E-state index in [0.29, 0.717) is 22.0 Å². The van der Waals surface area contributed by atoms with Gasteiger partial charge in [-0.05, 0) is 49.2 Å². The number of methoxy groups -OCH3 is 1. The molecule has 0 bridgehead atoms. The highest BCUT2D eigenvalue weighted by Gasteiger charge is 2.59. The maximum absolute atomic E-state index is 13.4. The van der Waals surface area contributed by atoms with E-state index in [1.807, 2.05) is 25.1 Å². The zero-order valence-corrected chi connectivity index (χ0v) is 16.8. The molecule has 2 aromatic rings. The molecular weight excluding hydrogens is 394 g/mol. The van der Waals surface area contributed by atoms with Crippen molar-refractivity contribution >= 4 is 46.5 Å². The summed E-state index contributed by atoms with van der Waals surface area (Å²) in [5.74, 6) is -2.77. The van der Waals surface area contributed by atoms with E-state index >= 15 is 0 Å². The Bertz CT molecular complexity index is 1080. The number of aryl methyl sites for hydroxylation is 1. The number of halogens is 1. The number of benzene rings is 2. The van der Waals surface area contributed by atoms with Gasteiger partial charge in [-0.15, -0.1) is 0 Å². The van der Waals surface area contributed by atoms with Crippen LogP contribution in [0.2, 0.25) is 5.02 Å². The van der Waals surface area contributed by atoms with Crippen molar-refractivity contribution in [1.82, 2.24) is 0 Å². The molecule has 0 unspecified atom stereocenters. The number of hydrazone groups is 1. The first-order chi connectivity index (χ1) is 13.8. The minimum Gasteiger partial charge on any atom is -0.464 e. The molecule has 7 nitrogen and oxygen atoms in total. The molecule has 0 aromatic heterocycles. The second-order valence-corrected chi connectivity index (χ2v) is 7.39. The van der Waals surface area contributed by atoms with E-state index < -0.39 is 29.7 Å². The molecule has 8 heteroatoms. The molecule has 2 aromatic carbocycles. The molecule has 29 heavy (non-hydrogen) atoms. The van der Waals surface area contributed by atoms with Gasteiger partial charge in [0, 0.05) is 5.02 Å². The lowest BCUT2D eigenvalue weighted by Gasteiger charge is -2.23. The zero-order chi connectivity index (χ0) is 20.9. The lowest BCUT2D eigenvalue weighted by molar-refractivity contribution is -0.133. The molecule has 2 atom stereocenters. The number of hydrogen-bond acceptors (Lipinski definition) is 6. The highest BCUT2D eigenvalue weighted by atomic mass is 35.5. The molecule has 0 saturated carbocycles. The van der Waals surface area contributed by atoms with Gasteiger partial charge in [0.25, 0.3) is 5.91 Å². The molecule has 1 saturated heterocycles. The monoisotopic (exact) mass is 411 g/mol. The largest absolute Gasteiger partial charge is 0.464 e. The Hall–Kier alpha value is -3.19. The minimum absolute atomic E-state index is 0.0838. The van der Waals surface area contributed by atoms with Crippen molar-refractivity contribution < 1.29 is 19.1 Å². The fourth-order valence-electron chi connectivity index (χ4n) is 3.75. The van der Waals surface area contributed by atoms with Crippen LogP contribution in [-0.4, -0.2) is 36.6 Å². The van der Waals surface area contributed by atoms with E-state index in [9.17, 15) is 14.4 Å². The van der Waals surface area contributed by atoms with Crippen LogP contribution in [0.15, 0.2) is 47.6 Å². The Morgan fingerprint density at radius 2 is 1.83 bits per heavy atom. The number of carbonyl (C=O) groups excluding carboxylic acids is 3. The Labute approximate surface area is 172 Å². The number of imide groups is 1. The van der Waals surface area contributed by atoms with Gasteiger partial charge in [0.05, 0.1) is 18.5 Å². The van der Waals surface area contributed by atoms with Crippen LogP contribution in [0.4, 0.5) is 11.4 Å². The number of fused-ring (bicyclic) bond motifs is 1. The molecule has 0 N–H and O–H groups in total. The van der Waals surface area contributed by atoms with E-state index in [-0.39, 0.29) is 5.71 Å². The standard InChI is InChI=1S/C21H18ClN3O4/c1-11-6-4-7-13(10-11)25-18-16(17(23-25)21(28)29-3)19(26)24(20(18)27)15-9-5-8-14(22)12(15)2/h4-10,16,18H,1-3H3/t16-,18-/m0/s1. The Morgan fingerprint density at radius 3 is 2.52 bits per heavy atom. The zero-order valence-electron chi connectivity index (χ0n) is 16.0. The fraction of sp³-hybridized carbons (Fsp3) is 0.238. The van der Waals surface area contributed by atoms with Crippen LogP contribution in [0.5, 0.6) is 0 Å². The van der Waals surface area contributed by atoms with E-state index in [2.05, 4.69) is 5.10 Å². The summed E-state index contributed by atoms with van der Waals surface area (Å²) >= 11 is 6.19. The number of carbonyl (C=O) groups is 3. The van der Waals surface area contributed by atoms with E-state index in [4.69, 9.17) is 16.3 Å². The number of amides is 2. The predicted molar refractivity (Wildman–Crippen MR) is 109 cm³/mol. The molecule has 2 aliphatic rings. The van der Waals surface area contributed by atoms with Gasteiger partial charge in [-0.3, -0.25) is 14.6 Å². The van der Waals surface area contributed by atoms with Gasteiger partial charge in [-0.25, -0.2) is 9.69 Å². The van der Waals surface area contributed by atoms with E-state index in [0.717, 1.165) is 10.5 Å². The van der Waals surface area contributed by atoms with Crippen molar-refractivity contribution in [3.63, 3.8) is 0 Å². The maximum Gasteiger partial charge on any atom is 0.355 e. The van der Waals surface area contributed by atoms with Crippen molar-refractivity contribution in [3.8, 4) is 0 Å². The molecule has 2 aliphatic heterocycles. The number of ether oxygens (including phenoxy) is 1. The van der Waals surface area contributed by atoms with Crippen molar-refractivity contribution in [3.05, 3.63) is 58.6 Å². The normalized spacial score (nSPS) is 20.8. The molecule has 2 amide bonds. The molecule has 0 spiro atoms. The summed E-state index contributed by atoms with van der Waals surface area (Å²) in [4.78, 5) is 40.1. The highest BCUT2D eigenvalue weighted by Crippen LogP contribution is 2.39. The highest BCUT2D eigenvalue weighted by molar-refractivity contribution is 6.47. The number of nitrogens with zero attached hydrogens (tertiary/aromatic N) is 3. The Balaban J connectivity index is 1.84. The first-order valence-electron chi connectivity index (χ1n) is 9.00. The average Bonchev–Trinajstić information content (AvgIpc) is 3.21. The summed E-state index contributed by atoms with van der Waals surface area (Å²) in [7, 11) is 1.22. The van der Waals surface area contributed by atoms with Crippen LogP contribution in [-0.2, 0) is 19.1 Å². The van der Waals surface area contributed by atoms with Crippen LogP contribution >= 0.6 is 11.6 Å². The van der Waals surface area contributed by atoms with Crippen LogP contribution in [0, 0.1) is 19.8 Å². The minimum atomic E-state index is -1.05. The first-order valence-corrected chi connectivity index (χ1v) is 9.38. The molecule has 148 valence electrons. The first kappa shape index (κ1) is 19.1. The third kappa shape index (κ3) is 2.89. The second kappa shape index (κ2) is 7.00. The smallest absolute Gasteiger partial charge is 0.355 e. The summed E-state index contributed by atoms with van der Waals surface area (Å²) in [6, 6.07) is 11.4. The SMILES string of the molecule is COC(=O)C1=NN(c2cccc(C)c2)[C@@H]2C(=O)N(c3cccc(Cl)c3C)C(=O)[C@@H]12. The van der Waals surface area contributed by atoms with Crippen LogP contribution in [0.25, 0.3) is 0 Å². The number of esters is 1. The van der Waals surface area contributed by atoms with Gasteiger partial charge in [-0.1, -0.05) is 29.8 Å². The average molecular weight is 412 g/mol. The molecule has 2 heterocycles. The van der Waals surface area contributed by atoms with Gasteiger partial charge < -0.3 is 4.74 Å². The van der Waals surface area contributed by atoms with Crippen molar-refractivity contribution in [2.24, 2.45) is 11.0 Å². The number of hydrogen-bond donors (Lipinski definition) is 0. The fourth-order valence-corrected chi connectivity index (χ4v) is 3.92. The van der Waals surface area contributed by atoms with Gasteiger partial charge in [0.1, 0.15) is 12.0 Å². The maximum atomic E-state index is 13.4. The summed E-state index contributed by atoms with van der Waals surface area (Å²) in [5.41, 5.74) is 2.49. The molecule has 0 aliphatic carbocycles. The summed E-state index contributed by atoms with van der Waals surface area (Å²) in [6.07, 6.45) is 0. The van der Waals surface area contributed by atoms with Crippen molar-refractivity contribution in [2.75, 3.05) is 17.0 Å². The lowest BCUT2D eigenvalue weighted by Crippen LogP contribution is -2.39. The topological polar surface area (TPSA) is 79.3 Å². The van der Waals surface area contributed by atoms with Crippen LogP contribution < -0.4 is 9.91 Å². The molecular formula is C21H18ClN3O4. The third-order valence-corrected chi connectivity index (χ3v) is 5.60. The lowest BCUT2D eigenvalue weighted by atomic mass is 9.97. The summed E-state index contributed by atoms with van der Waals surface area (Å²) < 4.78 is 4.82. The van der Waals surface area contributed by atoms with Gasteiger partial charge in [0.2, 0.25) is 5.91 Å². The van der Waals surface area contributed by atoms with Gasteiger partial charge >= 0.3 is 5.97 Å². The van der Waals surface area contributed by atoms with Crippen molar-refractivity contribution in [2.45, 2.75) is 19.9 Å². The van der Waals surface area contributed by atoms with Crippen molar-refractivity contribution in [1.29, 1.82) is 0 Å². The predicted octanol–water partition coefficient (Wildman–Crippen LogP) is 2.86. The van der Waals surface area contributed by atoms with Gasteiger partial charge in [-0.2, -0.15) is 5.10 Å². The summed E-state index contributed by atoms with van der Waals surface area (Å²) in [5, 5.41) is 6.18. The molecule has 1 fully saturated rings. The second-order valence-electron chi connectivity index (χ2n) is 6.98. The van der Waals surface area contributed by atoms with Crippen LogP contribution in [0.1, 0.15) is 11.1 Å². The van der Waals surface area contributed by atoms with Gasteiger partial charge in [0.15, 0.2) is 5.71 Å². The Kier molecular flexibility index (Phi) is 4.62. The Morgan fingerprint density at radius 1 is 1.10 bits per heavy atom. The number of rotatable bonds is 3. The van der Waals surface area contributed by atoms with E-state index in [1.54, 1.807) is 31.2 Å². The number of anilines is 2. The molecule has 4 rings (SSSR count). The van der Waals surface area contributed by atoms with Crippen LogP contribution in [0.3, 0.4) is 0 Å². The van der Waals surface area contributed by atoms with E-state index in [1.165, 1.54) is 12.1 Å². The molecule has 0 radical (unpaired) electrons.